The van der Waals surface area contributed by atoms with E-state index in [1.165, 1.54) is 11.1 Å². The van der Waals surface area contributed by atoms with Crippen LogP contribution in [0, 0.1) is 13.8 Å². The minimum atomic E-state index is 0.695. The summed E-state index contributed by atoms with van der Waals surface area (Å²) in [7, 11) is 0. The van der Waals surface area contributed by atoms with Gasteiger partial charge in [0, 0.05) is 31.6 Å². The third kappa shape index (κ3) is 2.59. The van der Waals surface area contributed by atoms with Crippen molar-refractivity contribution in [2.45, 2.75) is 20.8 Å². The zero-order valence-corrected chi connectivity index (χ0v) is 13.6. The Hall–Kier alpha value is -1.94. The second-order valence-electron chi connectivity index (χ2n) is 6.02. The number of hydrogen-bond donors (Lipinski definition) is 0. The number of nitrogens with zero attached hydrogens (tertiary/aromatic N) is 3. The molecule has 0 atom stereocenters. The number of aromatic nitrogens is 1. The SMILES string of the molecule is CCN1CCN(c2nc3c(C)c(C)ccc3cc2C=O)CC1. The molecular formula is C18H23N3O. The highest BCUT2D eigenvalue weighted by molar-refractivity contribution is 5.93. The fraction of sp³-hybridized carbons (Fsp3) is 0.444. The summed E-state index contributed by atoms with van der Waals surface area (Å²) in [5, 5.41) is 1.04. The summed E-state index contributed by atoms with van der Waals surface area (Å²) in [5.41, 5.74) is 4.14. The van der Waals surface area contributed by atoms with Crippen LogP contribution in [-0.4, -0.2) is 48.9 Å². The lowest BCUT2D eigenvalue weighted by atomic mass is 10.0. The lowest BCUT2D eigenvalue weighted by Gasteiger charge is -2.35. The van der Waals surface area contributed by atoms with E-state index >= 15 is 0 Å². The Morgan fingerprint density at radius 2 is 1.91 bits per heavy atom. The van der Waals surface area contributed by atoms with Crippen LogP contribution in [0.4, 0.5) is 5.82 Å². The number of aryl methyl sites for hydroxylation is 2. The van der Waals surface area contributed by atoms with Gasteiger partial charge in [-0.1, -0.05) is 19.1 Å². The average molecular weight is 297 g/mol. The number of fused-ring (bicyclic) bond motifs is 1. The molecule has 0 spiro atoms. The summed E-state index contributed by atoms with van der Waals surface area (Å²) >= 11 is 0. The van der Waals surface area contributed by atoms with E-state index in [4.69, 9.17) is 4.98 Å². The molecule has 4 nitrogen and oxygen atoms in total. The third-order valence-electron chi connectivity index (χ3n) is 4.77. The number of aldehydes is 1. The molecule has 0 aliphatic carbocycles. The highest BCUT2D eigenvalue weighted by atomic mass is 16.1. The van der Waals surface area contributed by atoms with E-state index in [9.17, 15) is 4.79 Å². The molecule has 1 aliphatic rings. The molecule has 0 saturated carbocycles. The van der Waals surface area contributed by atoms with Gasteiger partial charge in [0.15, 0.2) is 6.29 Å². The Balaban J connectivity index is 2.04. The average Bonchev–Trinajstić information content (AvgIpc) is 2.57. The van der Waals surface area contributed by atoms with Crippen molar-refractivity contribution in [1.29, 1.82) is 0 Å². The Kier molecular flexibility index (Phi) is 4.12. The topological polar surface area (TPSA) is 36.4 Å². The number of hydrogen-bond acceptors (Lipinski definition) is 4. The standard InChI is InChI=1S/C18H23N3O/c1-4-20-7-9-21(10-8-20)18-16(12-22)11-15-6-5-13(2)14(3)17(15)19-18/h5-6,11-12H,4,7-10H2,1-3H3. The number of rotatable bonds is 3. The zero-order chi connectivity index (χ0) is 15.7. The largest absolute Gasteiger partial charge is 0.353 e. The second kappa shape index (κ2) is 6.05. The molecule has 1 aromatic carbocycles. The predicted octanol–water partition coefficient (Wildman–Crippen LogP) is 2.81. The van der Waals surface area contributed by atoms with Crippen molar-refractivity contribution < 1.29 is 4.79 Å². The van der Waals surface area contributed by atoms with Crippen LogP contribution >= 0.6 is 0 Å². The van der Waals surface area contributed by atoms with Gasteiger partial charge in [-0.2, -0.15) is 0 Å². The first-order valence-electron chi connectivity index (χ1n) is 7.97. The van der Waals surface area contributed by atoms with Crippen LogP contribution in [0.15, 0.2) is 18.2 Å². The molecule has 1 saturated heterocycles. The van der Waals surface area contributed by atoms with Gasteiger partial charge in [0.25, 0.3) is 0 Å². The van der Waals surface area contributed by atoms with E-state index in [0.717, 1.165) is 55.7 Å². The summed E-state index contributed by atoms with van der Waals surface area (Å²) in [6.45, 7) is 11.4. The Morgan fingerprint density at radius 3 is 2.55 bits per heavy atom. The summed E-state index contributed by atoms with van der Waals surface area (Å²) in [5.74, 6) is 0.840. The molecule has 0 unspecified atom stereocenters. The maximum atomic E-state index is 11.5. The van der Waals surface area contributed by atoms with Crippen molar-refractivity contribution in [2.24, 2.45) is 0 Å². The molecule has 2 aromatic rings. The molecule has 0 N–H and O–H groups in total. The summed E-state index contributed by atoms with van der Waals surface area (Å²) < 4.78 is 0. The quantitative estimate of drug-likeness (QED) is 0.816. The molecule has 3 rings (SSSR count). The number of carbonyl (C=O) groups is 1. The van der Waals surface area contributed by atoms with E-state index in [2.05, 4.69) is 42.7 Å². The molecule has 2 heterocycles. The maximum absolute atomic E-state index is 11.5. The van der Waals surface area contributed by atoms with Gasteiger partial charge in [-0.05, 0) is 37.6 Å². The number of benzene rings is 1. The highest BCUT2D eigenvalue weighted by Gasteiger charge is 2.20. The van der Waals surface area contributed by atoms with E-state index < -0.39 is 0 Å². The second-order valence-corrected chi connectivity index (χ2v) is 6.02. The number of piperazine rings is 1. The summed E-state index contributed by atoms with van der Waals surface area (Å²) in [6, 6.07) is 6.12. The molecule has 1 aromatic heterocycles. The predicted molar refractivity (Wildman–Crippen MR) is 90.9 cm³/mol. The fourth-order valence-corrected chi connectivity index (χ4v) is 3.11. The molecular weight excluding hydrogens is 274 g/mol. The van der Waals surface area contributed by atoms with Crippen molar-refractivity contribution >= 4 is 23.0 Å². The normalized spacial score (nSPS) is 16.2. The number of pyridine rings is 1. The highest BCUT2D eigenvalue weighted by Crippen LogP contribution is 2.26. The van der Waals surface area contributed by atoms with Crippen molar-refractivity contribution in [3.63, 3.8) is 0 Å². The van der Waals surface area contributed by atoms with Crippen molar-refractivity contribution in [1.82, 2.24) is 9.88 Å². The molecule has 0 amide bonds. The van der Waals surface area contributed by atoms with Gasteiger partial charge in [-0.3, -0.25) is 4.79 Å². The van der Waals surface area contributed by atoms with E-state index in [1.807, 2.05) is 6.07 Å². The van der Waals surface area contributed by atoms with E-state index in [-0.39, 0.29) is 0 Å². The lowest BCUT2D eigenvalue weighted by Crippen LogP contribution is -2.46. The third-order valence-corrected chi connectivity index (χ3v) is 4.77. The Bertz CT molecular complexity index is 703. The van der Waals surface area contributed by atoms with Crippen LogP contribution in [0.1, 0.15) is 28.4 Å². The number of likely N-dealkylation sites (N-methyl/N-ethyl adjacent to an activating group) is 1. The Labute approximate surface area is 131 Å². The summed E-state index contributed by atoms with van der Waals surface area (Å²) in [6.07, 6.45) is 0.934. The maximum Gasteiger partial charge on any atom is 0.153 e. The monoisotopic (exact) mass is 297 g/mol. The van der Waals surface area contributed by atoms with Gasteiger partial charge in [0.2, 0.25) is 0 Å². The van der Waals surface area contributed by atoms with Crippen LogP contribution in [0.25, 0.3) is 10.9 Å². The first-order chi connectivity index (χ1) is 10.6. The molecule has 116 valence electrons. The molecule has 0 bridgehead atoms. The molecule has 4 heteroatoms. The summed E-state index contributed by atoms with van der Waals surface area (Å²) in [4.78, 5) is 21.0. The van der Waals surface area contributed by atoms with Crippen LogP contribution in [-0.2, 0) is 0 Å². The van der Waals surface area contributed by atoms with Gasteiger partial charge < -0.3 is 9.80 Å². The van der Waals surface area contributed by atoms with Crippen molar-refractivity contribution in [2.75, 3.05) is 37.6 Å². The van der Waals surface area contributed by atoms with Gasteiger partial charge in [0.05, 0.1) is 11.1 Å². The number of anilines is 1. The molecule has 1 aliphatic heterocycles. The van der Waals surface area contributed by atoms with Crippen molar-refractivity contribution in [3.05, 3.63) is 34.9 Å². The minimum absolute atomic E-state index is 0.695. The fourth-order valence-electron chi connectivity index (χ4n) is 3.11. The van der Waals surface area contributed by atoms with E-state index in [1.54, 1.807) is 0 Å². The van der Waals surface area contributed by atoms with Crippen molar-refractivity contribution in [3.8, 4) is 0 Å². The zero-order valence-electron chi connectivity index (χ0n) is 13.6. The first-order valence-corrected chi connectivity index (χ1v) is 7.97. The van der Waals surface area contributed by atoms with Gasteiger partial charge in [-0.25, -0.2) is 4.98 Å². The van der Waals surface area contributed by atoms with Gasteiger partial charge in [0.1, 0.15) is 5.82 Å². The van der Waals surface area contributed by atoms with Gasteiger partial charge >= 0.3 is 0 Å². The van der Waals surface area contributed by atoms with E-state index in [0.29, 0.717) is 5.56 Å². The smallest absolute Gasteiger partial charge is 0.153 e. The van der Waals surface area contributed by atoms with Crippen LogP contribution in [0.2, 0.25) is 0 Å². The van der Waals surface area contributed by atoms with Crippen LogP contribution in [0.3, 0.4) is 0 Å². The van der Waals surface area contributed by atoms with Gasteiger partial charge in [-0.15, -0.1) is 0 Å². The molecule has 22 heavy (non-hydrogen) atoms. The molecule has 1 fully saturated rings. The first kappa shape index (κ1) is 15.0. The van der Waals surface area contributed by atoms with Crippen LogP contribution in [0.5, 0.6) is 0 Å². The molecule has 0 radical (unpaired) electrons. The number of carbonyl (C=O) groups excluding carboxylic acids is 1. The Morgan fingerprint density at radius 1 is 1.18 bits per heavy atom. The minimum Gasteiger partial charge on any atom is -0.353 e. The lowest BCUT2D eigenvalue weighted by molar-refractivity contribution is 0.112. The van der Waals surface area contributed by atoms with Crippen LogP contribution < -0.4 is 4.90 Å².